The quantitative estimate of drug-likeness (QED) is 0.369. The van der Waals surface area contributed by atoms with E-state index in [1.165, 1.54) is 0 Å². The number of carbonyl (C=O) groups is 1. The van der Waals surface area contributed by atoms with Crippen molar-refractivity contribution in [1.29, 1.82) is 0 Å². The van der Waals surface area contributed by atoms with Crippen LogP contribution in [0.1, 0.15) is 20.8 Å². The molecule has 1 rings (SSSR count). The van der Waals surface area contributed by atoms with Gasteiger partial charge in [-0.05, 0) is 78.1 Å². The molecule has 1 aromatic carbocycles. The van der Waals surface area contributed by atoms with Gasteiger partial charge in [0.2, 0.25) is 0 Å². The van der Waals surface area contributed by atoms with E-state index in [2.05, 4.69) is 45.2 Å². The Morgan fingerprint density at radius 2 is 1.69 bits per heavy atom. The largest absolute Gasteiger partial charge is 0.514 e. The van der Waals surface area contributed by atoms with Crippen LogP contribution in [0.2, 0.25) is 0 Å². The lowest BCUT2D eigenvalue weighted by molar-refractivity contribution is 0.0203. The van der Waals surface area contributed by atoms with Crippen LogP contribution >= 0.6 is 45.2 Å². The van der Waals surface area contributed by atoms with Gasteiger partial charge in [0.05, 0.1) is 7.14 Å². The maximum Gasteiger partial charge on any atom is 0.514 e. The Kier molecular flexibility index (Phi) is 4.84. The lowest BCUT2D eigenvalue weighted by Crippen LogP contribution is -2.26. The van der Waals surface area contributed by atoms with E-state index in [-0.39, 0.29) is 0 Å². The lowest BCUT2D eigenvalue weighted by Gasteiger charge is -2.19. The lowest BCUT2D eigenvalue weighted by atomic mass is 10.2. The summed E-state index contributed by atoms with van der Waals surface area (Å²) in [6.07, 6.45) is -0.672. The van der Waals surface area contributed by atoms with Crippen LogP contribution < -0.4 is 4.74 Å². The van der Waals surface area contributed by atoms with Gasteiger partial charge in [-0.2, -0.15) is 0 Å². The molecule has 0 unspecified atom stereocenters. The van der Waals surface area contributed by atoms with Crippen LogP contribution in [0.15, 0.2) is 18.2 Å². The molecule has 5 heteroatoms. The molecule has 0 saturated carbocycles. The fourth-order valence-corrected chi connectivity index (χ4v) is 2.67. The van der Waals surface area contributed by atoms with E-state index in [0.717, 1.165) is 7.14 Å². The van der Waals surface area contributed by atoms with E-state index in [9.17, 15) is 4.79 Å². The number of ether oxygens (including phenoxy) is 2. The number of hydrogen-bond acceptors (Lipinski definition) is 3. The molecule has 0 fully saturated rings. The molecule has 0 spiro atoms. The zero-order chi connectivity index (χ0) is 12.3. The average Bonchev–Trinajstić information content (AvgIpc) is 2.08. The smallest absolute Gasteiger partial charge is 0.428 e. The first-order valence-electron chi connectivity index (χ1n) is 4.64. The summed E-state index contributed by atoms with van der Waals surface area (Å²) in [4.78, 5) is 11.5. The Bertz CT molecular complexity index is 376. The zero-order valence-electron chi connectivity index (χ0n) is 9.21. The Balaban J connectivity index is 2.78. The van der Waals surface area contributed by atoms with Gasteiger partial charge in [-0.1, -0.05) is 6.07 Å². The Morgan fingerprint density at radius 1 is 1.19 bits per heavy atom. The van der Waals surface area contributed by atoms with Gasteiger partial charge in [0.25, 0.3) is 0 Å². The van der Waals surface area contributed by atoms with Crippen LogP contribution in [0.25, 0.3) is 0 Å². The Hall–Kier alpha value is -0.0500. The normalized spacial score (nSPS) is 11.1. The van der Waals surface area contributed by atoms with Gasteiger partial charge in [0.15, 0.2) is 5.75 Å². The summed E-state index contributed by atoms with van der Waals surface area (Å²) in [5.74, 6) is 0.554. The Labute approximate surface area is 122 Å². The van der Waals surface area contributed by atoms with Gasteiger partial charge in [0, 0.05) is 0 Å². The van der Waals surface area contributed by atoms with Crippen LogP contribution in [0.5, 0.6) is 5.75 Å². The van der Waals surface area contributed by atoms with E-state index in [1.54, 1.807) is 20.8 Å². The van der Waals surface area contributed by atoms with Gasteiger partial charge in [-0.15, -0.1) is 0 Å². The molecular weight excluding hydrogens is 434 g/mol. The molecule has 0 N–H and O–H groups in total. The van der Waals surface area contributed by atoms with E-state index in [4.69, 9.17) is 9.47 Å². The minimum atomic E-state index is -0.672. The molecule has 0 aliphatic rings. The number of carbonyl (C=O) groups excluding carboxylic acids is 1. The van der Waals surface area contributed by atoms with E-state index >= 15 is 0 Å². The van der Waals surface area contributed by atoms with Crippen LogP contribution in [0.3, 0.4) is 0 Å². The molecule has 0 aliphatic heterocycles. The summed E-state index contributed by atoms with van der Waals surface area (Å²) in [7, 11) is 0. The van der Waals surface area contributed by atoms with Gasteiger partial charge in [-0.25, -0.2) is 4.79 Å². The SMILES string of the molecule is CC(C)(C)OC(=O)Oc1c(I)cccc1I. The third-order valence-corrected chi connectivity index (χ3v) is 3.19. The molecular formula is C11H12I2O3. The monoisotopic (exact) mass is 446 g/mol. The molecule has 0 atom stereocenters. The molecule has 0 bridgehead atoms. The average molecular weight is 446 g/mol. The van der Waals surface area contributed by atoms with Gasteiger partial charge in [-0.3, -0.25) is 0 Å². The van der Waals surface area contributed by atoms with Crippen molar-refractivity contribution >= 4 is 51.3 Å². The number of hydrogen-bond donors (Lipinski definition) is 0. The predicted octanol–water partition coefficient (Wildman–Crippen LogP) is 4.21. The summed E-state index contributed by atoms with van der Waals surface area (Å²) in [5.41, 5.74) is -0.539. The Morgan fingerprint density at radius 3 is 2.12 bits per heavy atom. The maximum atomic E-state index is 11.5. The van der Waals surface area contributed by atoms with Crippen molar-refractivity contribution in [1.82, 2.24) is 0 Å². The second kappa shape index (κ2) is 5.52. The summed E-state index contributed by atoms with van der Waals surface area (Å²) in [6.45, 7) is 5.40. The van der Waals surface area contributed by atoms with Crippen LogP contribution in [-0.2, 0) is 4.74 Å². The first-order valence-corrected chi connectivity index (χ1v) is 6.80. The first-order chi connectivity index (χ1) is 7.29. The molecule has 0 aromatic heterocycles. The molecule has 0 amide bonds. The number of para-hydroxylation sites is 1. The molecule has 0 heterocycles. The zero-order valence-corrected chi connectivity index (χ0v) is 13.5. The van der Waals surface area contributed by atoms with Crippen molar-refractivity contribution < 1.29 is 14.3 Å². The van der Waals surface area contributed by atoms with Crippen molar-refractivity contribution in [2.45, 2.75) is 26.4 Å². The minimum absolute atomic E-state index is 0.539. The predicted molar refractivity (Wildman–Crippen MR) is 78.7 cm³/mol. The standard InChI is InChI=1S/C11H12I2O3/c1-11(2,3)16-10(14)15-9-7(12)5-4-6-8(9)13/h4-6H,1-3H3. The van der Waals surface area contributed by atoms with Crippen molar-refractivity contribution in [2.75, 3.05) is 0 Å². The van der Waals surface area contributed by atoms with Crippen molar-refractivity contribution in [3.05, 3.63) is 25.3 Å². The number of benzene rings is 1. The minimum Gasteiger partial charge on any atom is -0.428 e. The van der Waals surface area contributed by atoms with Crippen LogP contribution in [-0.4, -0.2) is 11.8 Å². The maximum absolute atomic E-state index is 11.5. The highest BCUT2D eigenvalue weighted by molar-refractivity contribution is 14.1. The fourth-order valence-electron chi connectivity index (χ4n) is 0.934. The molecule has 3 nitrogen and oxygen atoms in total. The van der Waals surface area contributed by atoms with Crippen LogP contribution in [0, 0.1) is 7.14 Å². The summed E-state index contributed by atoms with van der Waals surface area (Å²) < 4.78 is 12.0. The highest BCUT2D eigenvalue weighted by atomic mass is 127. The van der Waals surface area contributed by atoms with Crippen molar-refractivity contribution in [3.8, 4) is 5.75 Å². The summed E-state index contributed by atoms with van der Waals surface area (Å²) in [5, 5.41) is 0. The van der Waals surface area contributed by atoms with Gasteiger partial charge >= 0.3 is 6.16 Å². The van der Waals surface area contributed by atoms with Crippen LogP contribution in [0.4, 0.5) is 4.79 Å². The molecule has 0 radical (unpaired) electrons. The second-order valence-electron chi connectivity index (χ2n) is 4.12. The topological polar surface area (TPSA) is 35.5 Å². The molecule has 0 aliphatic carbocycles. The molecule has 1 aromatic rings. The molecule has 16 heavy (non-hydrogen) atoms. The number of halogens is 2. The van der Waals surface area contributed by atoms with E-state index in [0.29, 0.717) is 5.75 Å². The van der Waals surface area contributed by atoms with Gasteiger partial charge < -0.3 is 9.47 Å². The fraction of sp³-hybridized carbons (Fsp3) is 0.364. The third-order valence-electron chi connectivity index (χ3n) is 1.49. The van der Waals surface area contributed by atoms with E-state index < -0.39 is 11.8 Å². The number of rotatable bonds is 1. The second-order valence-corrected chi connectivity index (χ2v) is 6.44. The van der Waals surface area contributed by atoms with E-state index in [1.807, 2.05) is 18.2 Å². The third kappa shape index (κ3) is 4.44. The highest BCUT2D eigenvalue weighted by Gasteiger charge is 2.19. The van der Waals surface area contributed by atoms with Crippen molar-refractivity contribution in [2.24, 2.45) is 0 Å². The highest BCUT2D eigenvalue weighted by Crippen LogP contribution is 2.27. The first kappa shape index (κ1) is 14.0. The van der Waals surface area contributed by atoms with Gasteiger partial charge in [0.1, 0.15) is 5.60 Å². The summed E-state index contributed by atoms with van der Waals surface area (Å²) >= 11 is 4.24. The molecule has 88 valence electrons. The molecule has 0 saturated heterocycles. The van der Waals surface area contributed by atoms with Crippen molar-refractivity contribution in [3.63, 3.8) is 0 Å². The summed E-state index contributed by atoms with van der Waals surface area (Å²) in [6, 6.07) is 5.66.